The van der Waals surface area contributed by atoms with Crippen molar-refractivity contribution in [2.45, 2.75) is 13.8 Å². The van der Waals surface area contributed by atoms with Crippen molar-refractivity contribution in [3.05, 3.63) is 53.6 Å². The summed E-state index contributed by atoms with van der Waals surface area (Å²) >= 11 is 0. The monoisotopic (exact) mass is 314 g/mol. The van der Waals surface area contributed by atoms with Crippen molar-refractivity contribution in [2.75, 3.05) is 25.6 Å². The largest absolute Gasteiger partial charge is 0.493 e. The molecule has 122 valence electrons. The Bertz CT molecular complexity index is 654. The van der Waals surface area contributed by atoms with Crippen molar-refractivity contribution in [3.63, 3.8) is 0 Å². The minimum Gasteiger partial charge on any atom is -0.493 e. The van der Waals surface area contributed by atoms with E-state index in [9.17, 15) is 4.79 Å². The standard InChI is InChI=1S/C18H22N2O3/c1-13-4-7-15(8-5-13)20-18(21)19-10-11-23-16-9-6-14(2)12-17(16)22-3/h4-9,12H,10-11H2,1-3H3,(H2,19,20,21). The van der Waals surface area contributed by atoms with Gasteiger partial charge in [-0.25, -0.2) is 4.79 Å². The SMILES string of the molecule is COc1cc(C)ccc1OCCNC(=O)Nc1ccc(C)cc1. The minimum absolute atomic E-state index is 0.256. The summed E-state index contributed by atoms with van der Waals surface area (Å²) in [7, 11) is 1.61. The first-order valence-electron chi connectivity index (χ1n) is 7.47. The fourth-order valence-corrected chi connectivity index (χ4v) is 2.03. The van der Waals surface area contributed by atoms with Gasteiger partial charge in [-0.1, -0.05) is 23.8 Å². The molecule has 0 fully saturated rings. The molecule has 0 aliphatic rings. The second kappa shape index (κ2) is 8.08. The Morgan fingerprint density at radius 2 is 1.70 bits per heavy atom. The number of urea groups is 1. The van der Waals surface area contributed by atoms with E-state index in [-0.39, 0.29) is 6.03 Å². The highest BCUT2D eigenvalue weighted by Crippen LogP contribution is 2.27. The number of carbonyl (C=O) groups is 1. The summed E-state index contributed by atoms with van der Waals surface area (Å²) in [6.45, 7) is 4.75. The van der Waals surface area contributed by atoms with Gasteiger partial charge in [0.15, 0.2) is 11.5 Å². The number of aryl methyl sites for hydroxylation is 2. The number of methoxy groups -OCH3 is 1. The molecule has 0 aliphatic heterocycles. The van der Waals surface area contributed by atoms with Crippen molar-refractivity contribution in [1.82, 2.24) is 5.32 Å². The lowest BCUT2D eigenvalue weighted by molar-refractivity contribution is 0.246. The zero-order chi connectivity index (χ0) is 16.7. The van der Waals surface area contributed by atoms with E-state index in [0.29, 0.717) is 24.7 Å². The molecule has 5 heteroatoms. The number of benzene rings is 2. The van der Waals surface area contributed by atoms with Crippen molar-refractivity contribution < 1.29 is 14.3 Å². The second-order valence-electron chi connectivity index (χ2n) is 5.25. The van der Waals surface area contributed by atoms with Crippen LogP contribution in [-0.4, -0.2) is 26.3 Å². The van der Waals surface area contributed by atoms with E-state index in [1.54, 1.807) is 7.11 Å². The van der Waals surface area contributed by atoms with Gasteiger partial charge in [-0.15, -0.1) is 0 Å². The fourth-order valence-electron chi connectivity index (χ4n) is 2.03. The number of hydrogen-bond acceptors (Lipinski definition) is 3. The molecule has 0 radical (unpaired) electrons. The first-order valence-corrected chi connectivity index (χ1v) is 7.47. The summed E-state index contributed by atoms with van der Waals surface area (Å²) in [5, 5.41) is 5.52. The van der Waals surface area contributed by atoms with Gasteiger partial charge in [-0.3, -0.25) is 0 Å². The Balaban J connectivity index is 1.74. The summed E-state index contributed by atoms with van der Waals surface area (Å²) in [5.74, 6) is 1.35. The molecule has 0 spiro atoms. The fraction of sp³-hybridized carbons (Fsp3) is 0.278. The van der Waals surface area contributed by atoms with Crippen LogP contribution in [0.5, 0.6) is 11.5 Å². The van der Waals surface area contributed by atoms with Gasteiger partial charge in [0.2, 0.25) is 0 Å². The van der Waals surface area contributed by atoms with Gasteiger partial charge in [0, 0.05) is 5.69 Å². The van der Waals surface area contributed by atoms with E-state index in [1.807, 2.05) is 56.3 Å². The Kier molecular flexibility index (Phi) is 5.86. The third-order valence-corrected chi connectivity index (χ3v) is 3.27. The summed E-state index contributed by atoms with van der Waals surface area (Å²) in [4.78, 5) is 11.8. The highest BCUT2D eigenvalue weighted by molar-refractivity contribution is 5.89. The van der Waals surface area contributed by atoms with E-state index < -0.39 is 0 Å². The smallest absolute Gasteiger partial charge is 0.319 e. The molecule has 0 saturated heterocycles. The van der Waals surface area contributed by atoms with Crippen molar-refractivity contribution >= 4 is 11.7 Å². The van der Waals surface area contributed by atoms with E-state index >= 15 is 0 Å². The van der Waals surface area contributed by atoms with Crippen LogP contribution in [0.3, 0.4) is 0 Å². The number of amides is 2. The number of anilines is 1. The predicted octanol–water partition coefficient (Wildman–Crippen LogP) is 3.51. The van der Waals surface area contributed by atoms with Gasteiger partial charge < -0.3 is 20.1 Å². The molecule has 2 aromatic carbocycles. The topological polar surface area (TPSA) is 59.6 Å². The lowest BCUT2D eigenvalue weighted by Crippen LogP contribution is -2.32. The van der Waals surface area contributed by atoms with E-state index in [1.165, 1.54) is 0 Å². The molecule has 2 N–H and O–H groups in total. The van der Waals surface area contributed by atoms with Gasteiger partial charge >= 0.3 is 6.03 Å². The number of rotatable bonds is 6. The molecule has 23 heavy (non-hydrogen) atoms. The Hall–Kier alpha value is -2.69. The molecule has 0 saturated carbocycles. The van der Waals surface area contributed by atoms with Gasteiger partial charge in [0.1, 0.15) is 6.61 Å². The molecule has 2 amide bonds. The number of carbonyl (C=O) groups excluding carboxylic acids is 1. The van der Waals surface area contributed by atoms with Crippen LogP contribution in [0.2, 0.25) is 0 Å². The van der Waals surface area contributed by atoms with E-state index in [2.05, 4.69) is 10.6 Å². The summed E-state index contributed by atoms with van der Waals surface area (Å²) < 4.78 is 10.9. The first-order chi connectivity index (χ1) is 11.1. The van der Waals surface area contributed by atoms with Crippen LogP contribution in [0.15, 0.2) is 42.5 Å². The van der Waals surface area contributed by atoms with Gasteiger partial charge in [-0.2, -0.15) is 0 Å². The van der Waals surface area contributed by atoms with Crippen LogP contribution >= 0.6 is 0 Å². The molecule has 2 aromatic rings. The predicted molar refractivity (Wildman–Crippen MR) is 91.4 cm³/mol. The quantitative estimate of drug-likeness (QED) is 0.802. The molecular weight excluding hydrogens is 292 g/mol. The molecule has 0 bridgehead atoms. The van der Waals surface area contributed by atoms with Crippen molar-refractivity contribution in [2.24, 2.45) is 0 Å². The first kappa shape index (κ1) is 16.7. The van der Waals surface area contributed by atoms with E-state index in [4.69, 9.17) is 9.47 Å². The number of hydrogen-bond donors (Lipinski definition) is 2. The lowest BCUT2D eigenvalue weighted by Gasteiger charge is -2.12. The summed E-state index contributed by atoms with van der Waals surface area (Å²) in [6, 6.07) is 13.1. The Morgan fingerprint density at radius 1 is 1.00 bits per heavy atom. The third kappa shape index (κ3) is 5.21. The molecule has 0 aromatic heterocycles. The average molecular weight is 314 g/mol. The molecular formula is C18H22N2O3. The summed E-state index contributed by atoms with van der Waals surface area (Å²) in [5.41, 5.74) is 3.01. The molecule has 0 unspecified atom stereocenters. The van der Waals surface area contributed by atoms with Crippen LogP contribution in [-0.2, 0) is 0 Å². The average Bonchev–Trinajstić information content (AvgIpc) is 2.54. The normalized spacial score (nSPS) is 10.0. The van der Waals surface area contributed by atoms with Gasteiger partial charge in [0.25, 0.3) is 0 Å². The lowest BCUT2D eigenvalue weighted by atomic mass is 10.2. The summed E-state index contributed by atoms with van der Waals surface area (Å²) in [6.07, 6.45) is 0. The molecule has 5 nitrogen and oxygen atoms in total. The van der Waals surface area contributed by atoms with Crippen LogP contribution in [0.4, 0.5) is 10.5 Å². The van der Waals surface area contributed by atoms with Crippen LogP contribution in [0, 0.1) is 13.8 Å². The molecule has 0 atom stereocenters. The van der Waals surface area contributed by atoms with Crippen LogP contribution < -0.4 is 20.1 Å². The van der Waals surface area contributed by atoms with E-state index in [0.717, 1.165) is 16.8 Å². The van der Waals surface area contributed by atoms with Gasteiger partial charge in [0.05, 0.1) is 13.7 Å². The van der Waals surface area contributed by atoms with Crippen LogP contribution in [0.25, 0.3) is 0 Å². The zero-order valence-electron chi connectivity index (χ0n) is 13.7. The maximum absolute atomic E-state index is 11.8. The zero-order valence-corrected chi connectivity index (χ0v) is 13.7. The van der Waals surface area contributed by atoms with Crippen molar-refractivity contribution in [3.8, 4) is 11.5 Å². The molecule has 2 rings (SSSR count). The highest BCUT2D eigenvalue weighted by Gasteiger charge is 2.05. The highest BCUT2D eigenvalue weighted by atomic mass is 16.5. The van der Waals surface area contributed by atoms with Crippen molar-refractivity contribution in [1.29, 1.82) is 0 Å². The Morgan fingerprint density at radius 3 is 2.39 bits per heavy atom. The second-order valence-corrected chi connectivity index (χ2v) is 5.25. The number of ether oxygens (including phenoxy) is 2. The molecule has 0 heterocycles. The maximum Gasteiger partial charge on any atom is 0.319 e. The van der Waals surface area contributed by atoms with Gasteiger partial charge in [-0.05, 0) is 43.7 Å². The third-order valence-electron chi connectivity index (χ3n) is 3.27. The van der Waals surface area contributed by atoms with Crippen LogP contribution in [0.1, 0.15) is 11.1 Å². The number of nitrogens with one attached hydrogen (secondary N) is 2. The Labute approximate surface area is 136 Å². The maximum atomic E-state index is 11.8. The molecule has 0 aliphatic carbocycles. The minimum atomic E-state index is -0.256.